The quantitative estimate of drug-likeness (QED) is 0.693. The van der Waals surface area contributed by atoms with Gasteiger partial charge in [-0.3, -0.25) is 0 Å². The molecule has 0 radical (unpaired) electrons. The van der Waals surface area contributed by atoms with Gasteiger partial charge >= 0.3 is 5.97 Å². The minimum Gasteiger partial charge on any atom is -0.477 e. The Bertz CT molecular complexity index is 426. The van der Waals surface area contributed by atoms with Crippen LogP contribution in [0.3, 0.4) is 0 Å². The lowest BCUT2D eigenvalue weighted by Crippen LogP contribution is -2.10. The summed E-state index contributed by atoms with van der Waals surface area (Å²) >= 11 is 0. The van der Waals surface area contributed by atoms with Crippen molar-refractivity contribution in [3.63, 3.8) is 0 Å². The topological polar surface area (TPSA) is 50.2 Å². The van der Waals surface area contributed by atoms with E-state index in [1.807, 2.05) is 6.08 Å². The molecule has 14 heavy (non-hydrogen) atoms. The zero-order valence-electron chi connectivity index (χ0n) is 7.33. The van der Waals surface area contributed by atoms with Crippen molar-refractivity contribution in [3.8, 4) is 0 Å². The zero-order valence-corrected chi connectivity index (χ0v) is 7.33. The first kappa shape index (κ1) is 8.87. The molecule has 1 aromatic rings. The molecule has 0 amide bonds. The predicted octanol–water partition coefficient (Wildman–Crippen LogP) is 1.88. The van der Waals surface area contributed by atoms with Crippen LogP contribution in [0, 0.1) is 5.95 Å². The van der Waals surface area contributed by atoms with Crippen molar-refractivity contribution in [2.75, 3.05) is 0 Å². The summed E-state index contributed by atoms with van der Waals surface area (Å²) < 4.78 is 12.9. The average molecular weight is 193 g/mol. The van der Waals surface area contributed by atoms with E-state index >= 15 is 0 Å². The second-order valence-corrected chi connectivity index (χ2v) is 3.11. The Kier molecular flexibility index (Phi) is 2.04. The molecule has 4 heteroatoms. The van der Waals surface area contributed by atoms with Gasteiger partial charge in [0.05, 0.1) is 0 Å². The summed E-state index contributed by atoms with van der Waals surface area (Å²) in [5.41, 5.74) is 1.09. The molecule has 1 aliphatic carbocycles. The van der Waals surface area contributed by atoms with Crippen LogP contribution in [0.15, 0.2) is 12.1 Å². The van der Waals surface area contributed by atoms with Gasteiger partial charge in [0, 0.05) is 6.07 Å². The molecule has 0 saturated carbocycles. The molecule has 1 aliphatic rings. The Hall–Kier alpha value is -1.71. The van der Waals surface area contributed by atoms with Gasteiger partial charge in [0.15, 0.2) is 5.69 Å². The first-order valence-corrected chi connectivity index (χ1v) is 4.28. The molecule has 0 aromatic carbocycles. The van der Waals surface area contributed by atoms with E-state index in [0.717, 1.165) is 6.42 Å². The predicted molar refractivity (Wildman–Crippen MR) is 48.5 cm³/mol. The number of carbonyl (C=O) groups is 1. The molecule has 1 heterocycles. The van der Waals surface area contributed by atoms with Crippen LogP contribution < -0.4 is 0 Å². The number of pyridine rings is 1. The first-order chi connectivity index (χ1) is 6.68. The molecule has 1 aromatic heterocycles. The lowest BCUT2D eigenvalue weighted by atomic mass is 9.96. The number of hydrogen-bond donors (Lipinski definition) is 1. The summed E-state index contributed by atoms with van der Waals surface area (Å²) in [5.74, 6) is -1.91. The molecular formula is C10H8FNO2. The van der Waals surface area contributed by atoms with Crippen LogP contribution >= 0.6 is 0 Å². The maximum atomic E-state index is 12.9. The largest absolute Gasteiger partial charge is 0.477 e. The van der Waals surface area contributed by atoms with Crippen LogP contribution in [0.1, 0.15) is 28.0 Å². The van der Waals surface area contributed by atoms with Crippen molar-refractivity contribution < 1.29 is 14.3 Å². The highest BCUT2D eigenvalue weighted by molar-refractivity contribution is 5.88. The third-order valence-corrected chi connectivity index (χ3v) is 2.19. The molecule has 0 unspecified atom stereocenters. The van der Waals surface area contributed by atoms with Gasteiger partial charge in [-0.05, 0) is 24.0 Å². The number of nitrogens with zero attached hydrogens (tertiary/aromatic N) is 1. The van der Waals surface area contributed by atoms with Gasteiger partial charge in [0.1, 0.15) is 0 Å². The Morgan fingerprint density at radius 2 is 2.36 bits per heavy atom. The molecule has 2 rings (SSSR count). The van der Waals surface area contributed by atoms with Crippen LogP contribution in [0.4, 0.5) is 4.39 Å². The fourth-order valence-corrected chi connectivity index (χ4v) is 1.59. The van der Waals surface area contributed by atoms with E-state index in [1.54, 1.807) is 6.08 Å². The fourth-order valence-electron chi connectivity index (χ4n) is 1.59. The third kappa shape index (κ3) is 1.39. The number of rotatable bonds is 1. The summed E-state index contributed by atoms with van der Waals surface area (Å²) in [6, 6.07) is 1.26. The smallest absolute Gasteiger partial charge is 0.354 e. The normalized spacial score (nSPS) is 13.8. The lowest BCUT2D eigenvalue weighted by molar-refractivity contribution is 0.0687. The van der Waals surface area contributed by atoms with Gasteiger partial charge in [-0.2, -0.15) is 4.39 Å². The highest BCUT2D eigenvalue weighted by Gasteiger charge is 2.17. The number of fused-ring (bicyclic) bond motifs is 1. The van der Waals surface area contributed by atoms with Crippen molar-refractivity contribution in [3.05, 3.63) is 34.9 Å². The second kappa shape index (κ2) is 3.21. The third-order valence-electron chi connectivity index (χ3n) is 2.19. The van der Waals surface area contributed by atoms with E-state index in [2.05, 4.69) is 4.98 Å². The molecule has 3 nitrogen and oxygen atoms in total. The van der Waals surface area contributed by atoms with Crippen molar-refractivity contribution in [2.45, 2.75) is 12.8 Å². The molecule has 0 saturated heterocycles. The highest BCUT2D eigenvalue weighted by Crippen LogP contribution is 2.22. The number of aromatic nitrogens is 1. The summed E-state index contributed by atoms with van der Waals surface area (Å²) in [6.45, 7) is 0. The number of carboxylic acid groups (broad SMARTS) is 1. The molecule has 1 N–H and O–H groups in total. The van der Waals surface area contributed by atoms with Gasteiger partial charge < -0.3 is 5.11 Å². The zero-order chi connectivity index (χ0) is 10.1. The number of halogens is 1. The Morgan fingerprint density at radius 3 is 3.07 bits per heavy atom. The Labute approximate surface area is 79.9 Å². The Morgan fingerprint density at radius 1 is 1.57 bits per heavy atom. The number of allylic oxidation sites excluding steroid dienone is 1. The van der Waals surface area contributed by atoms with Gasteiger partial charge in [-0.1, -0.05) is 12.2 Å². The standard InChI is InChI=1S/C10H8FNO2/c11-8-5-6-3-1-2-4-7(6)9(12-8)10(13)14/h1,3,5H,2,4H2,(H,13,14). The van der Waals surface area contributed by atoms with E-state index in [-0.39, 0.29) is 5.69 Å². The van der Waals surface area contributed by atoms with Gasteiger partial charge in [-0.15, -0.1) is 0 Å². The van der Waals surface area contributed by atoms with Crippen molar-refractivity contribution in [2.24, 2.45) is 0 Å². The molecular weight excluding hydrogens is 185 g/mol. The van der Waals surface area contributed by atoms with Gasteiger partial charge in [-0.25, -0.2) is 9.78 Å². The van der Waals surface area contributed by atoms with Gasteiger partial charge in [0.2, 0.25) is 5.95 Å². The van der Waals surface area contributed by atoms with Crippen molar-refractivity contribution in [1.82, 2.24) is 4.98 Å². The second-order valence-electron chi connectivity index (χ2n) is 3.11. The van der Waals surface area contributed by atoms with Crippen molar-refractivity contribution >= 4 is 12.0 Å². The lowest BCUT2D eigenvalue weighted by Gasteiger charge is -2.11. The maximum absolute atomic E-state index is 12.9. The first-order valence-electron chi connectivity index (χ1n) is 4.28. The van der Waals surface area contributed by atoms with Crippen LogP contribution in [0.25, 0.3) is 6.08 Å². The van der Waals surface area contributed by atoms with E-state index < -0.39 is 11.9 Å². The molecule has 0 bridgehead atoms. The number of carboxylic acids is 1. The number of hydrogen-bond acceptors (Lipinski definition) is 2. The molecule has 72 valence electrons. The maximum Gasteiger partial charge on any atom is 0.354 e. The molecule has 0 fully saturated rings. The van der Waals surface area contributed by atoms with E-state index in [0.29, 0.717) is 17.5 Å². The van der Waals surface area contributed by atoms with Crippen LogP contribution in [-0.2, 0) is 6.42 Å². The Balaban J connectivity index is 2.65. The van der Waals surface area contributed by atoms with Crippen LogP contribution in [-0.4, -0.2) is 16.1 Å². The van der Waals surface area contributed by atoms with E-state index in [1.165, 1.54) is 6.07 Å². The average Bonchev–Trinajstić information content (AvgIpc) is 2.16. The van der Waals surface area contributed by atoms with Crippen molar-refractivity contribution in [1.29, 1.82) is 0 Å². The molecule has 0 aliphatic heterocycles. The highest BCUT2D eigenvalue weighted by atomic mass is 19.1. The van der Waals surface area contributed by atoms with Gasteiger partial charge in [0.25, 0.3) is 0 Å². The summed E-state index contributed by atoms with van der Waals surface area (Å²) in [4.78, 5) is 14.2. The van der Waals surface area contributed by atoms with Crippen LogP contribution in [0.2, 0.25) is 0 Å². The minimum absolute atomic E-state index is 0.163. The number of aromatic carboxylic acids is 1. The molecule has 0 atom stereocenters. The fraction of sp³-hybridized carbons (Fsp3) is 0.200. The molecule has 0 spiro atoms. The summed E-state index contributed by atoms with van der Waals surface area (Å²) in [7, 11) is 0. The summed E-state index contributed by atoms with van der Waals surface area (Å²) in [6.07, 6.45) is 5.02. The SMILES string of the molecule is O=C(O)c1nc(F)cc2c1CCC=C2. The minimum atomic E-state index is -1.17. The van der Waals surface area contributed by atoms with Crippen LogP contribution in [0.5, 0.6) is 0 Å². The van der Waals surface area contributed by atoms with E-state index in [9.17, 15) is 9.18 Å². The monoisotopic (exact) mass is 193 g/mol. The summed E-state index contributed by atoms with van der Waals surface area (Å²) in [5, 5.41) is 8.81. The van der Waals surface area contributed by atoms with E-state index in [4.69, 9.17) is 5.11 Å².